The van der Waals surface area contributed by atoms with Crippen molar-refractivity contribution in [1.82, 2.24) is 10.2 Å². The lowest BCUT2D eigenvalue weighted by Crippen LogP contribution is -2.61. The molecule has 118 valence electrons. The Hall–Kier alpha value is -0.610. The minimum atomic E-state index is -0.489. The minimum Gasteiger partial charge on any atom is -0.465 e. The first-order valence-electron chi connectivity index (χ1n) is 8.29. The van der Waals surface area contributed by atoms with E-state index in [1.165, 1.54) is 0 Å². The van der Waals surface area contributed by atoms with E-state index in [1.807, 2.05) is 6.92 Å². The van der Waals surface area contributed by atoms with Crippen LogP contribution >= 0.6 is 0 Å². The van der Waals surface area contributed by atoms with Crippen LogP contribution in [0.3, 0.4) is 0 Å². The van der Waals surface area contributed by atoms with Crippen LogP contribution in [0.25, 0.3) is 0 Å². The number of esters is 1. The molecule has 0 radical (unpaired) electrons. The van der Waals surface area contributed by atoms with Crippen LogP contribution in [0.2, 0.25) is 0 Å². The lowest BCUT2D eigenvalue weighted by atomic mass is 9.91. The molecule has 0 aromatic heterocycles. The van der Waals surface area contributed by atoms with Crippen LogP contribution in [-0.4, -0.2) is 49.2 Å². The third-order valence-electron chi connectivity index (χ3n) is 4.06. The highest BCUT2D eigenvalue weighted by Crippen LogP contribution is 2.41. The fourth-order valence-corrected chi connectivity index (χ4v) is 2.83. The Morgan fingerprint density at radius 1 is 1.25 bits per heavy atom. The Kier molecular flexibility index (Phi) is 7.52. The number of carbonyl (C=O) groups excluding carboxylic acids is 1. The average Bonchev–Trinajstić information content (AvgIpc) is 3.27. The van der Waals surface area contributed by atoms with E-state index < -0.39 is 5.54 Å². The molecule has 1 aliphatic rings. The number of hydrogen-bond acceptors (Lipinski definition) is 4. The number of hydrogen-bond donors (Lipinski definition) is 1. The lowest BCUT2D eigenvalue weighted by molar-refractivity contribution is -0.153. The summed E-state index contributed by atoms with van der Waals surface area (Å²) in [5.41, 5.74) is -0.489. The second kappa shape index (κ2) is 8.63. The van der Waals surface area contributed by atoms with E-state index in [2.05, 4.69) is 31.0 Å². The van der Waals surface area contributed by atoms with Gasteiger partial charge in [0.15, 0.2) is 0 Å². The van der Waals surface area contributed by atoms with Gasteiger partial charge in [-0.25, -0.2) is 4.79 Å². The summed E-state index contributed by atoms with van der Waals surface area (Å²) in [5.74, 6) is 0.393. The van der Waals surface area contributed by atoms with Gasteiger partial charge in [-0.05, 0) is 58.2 Å². The second-order valence-electron chi connectivity index (χ2n) is 5.76. The summed E-state index contributed by atoms with van der Waals surface area (Å²) in [5, 5.41) is 3.54. The summed E-state index contributed by atoms with van der Waals surface area (Å²) in [7, 11) is 0. The van der Waals surface area contributed by atoms with Crippen LogP contribution in [0.5, 0.6) is 0 Å². The highest BCUT2D eigenvalue weighted by molar-refractivity contribution is 5.82. The molecule has 0 aliphatic heterocycles. The molecular formula is C16H32N2O2. The maximum Gasteiger partial charge on any atom is 0.327 e. The normalized spacial score (nSPS) is 18.1. The van der Waals surface area contributed by atoms with Gasteiger partial charge in [-0.15, -0.1) is 0 Å². The van der Waals surface area contributed by atoms with Crippen LogP contribution in [0.15, 0.2) is 0 Å². The van der Waals surface area contributed by atoms with E-state index in [0.717, 1.165) is 51.9 Å². The molecule has 1 fully saturated rings. The number of rotatable bonds is 11. The van der Waals surface area contributed by atoms with E-state index in [-0.39, 0.29) is 5.97 Å². The maximum absolute atomic E-state index is 12.6. The van der Waals surface area contributed by atoms with Gasteiger partial charge >= 0.3 is 5.97 Å². The topological polar surface area (TPSA) is 41.6 Å². The standard InChI is InChI=1S/C16H32N2O2/c1-5-11-17-16(14-9-10-14,15(19)20-8-4)13-18(7-3)12-6-2/h14,17H,5-13H2,1-4H3. The number of nitrogens with zero attached hydrogens (tertiary/aromatic N) is 1. The van der Waals surface area contributed by atoms with Gasteiger partial charge < -0.3 is 15.0 Å². The molecular weight excluding hydrogens is 252 g/mol. The molecule has 20 heavy (non-hydrogen) atoms. The van der Waals surface area contributed by atoms with Gasteiger partial charge in [0.25, 0.3) is 0 Å². The zero-order chi connectivity index (χ0) is 15.0. The predicted molar refractivity (Wildman–Crippen MR) is 82.8 cm³/mol. The predicted octanol–water partition coefficient (Wildman–Crippen LogP) is 2.43. The number of likely N-dealkylation sites (N-methyl/N-ethyl adjacent to an activating group) is 1. The molecule has 1 unspecified atom stereocenters. The van der Waals surface area contributed by atoms with Crippen molar-refractivity contribution in [3.63, 3.8) is 0 Å². The molecule has 0 aromatic rings. The van der Waals surface area contributed by atoms with E-state index in [9.17, 15) is 4.79 Å². The van der Waals surface area contributed by atoms with E-state index >= 15 is 0 Å². The molecule has 0 amide bonds. The summed E-state index contributed by atoms with van der Waals surface area (Å²) < 4.78 is 5.40. The second-order valence-corrected chi connectivity index (χ2v) is 5.76. The molecule has 0 bridgehead atoms. The zero-order valence-corrected chi connectivity index (χ0v) is 13.7. The summed E-state index contributed by atoms with van der Waals surface area (Å²) in [6.07, 6.45) is 4.43. The zero-order valence-electron chi connectivity index (χ0n) is 13.7. The van der Waals surface area contributed by atoms with Crippen molar-refractivity contribution in [1.29, 1.82) is 0 Å². The molecule has 1 atom stereocenters. The molecule has 0 spiro atoms. The first-order valence-corrected chi connectivity index (χ1v) is 8.29. The Bertz CT molecular complexity index is 292. The molecule has 0 aromatic carbocycles. The summed E-state index contributed by atoms with van der Waals surface area (Å²) in [6.45, 7) is 12.5. The van der Waals surface area contributed by atoms with Crippen LogP contribution < -0.4 is 5.32 Å². The smallest absolute Gasteiger partial charge is 0.327 e. The molecule has 4 heteroatoms. The van der Waals surface area contributed by atoms with Crippen molar-refractivity contribution in [2.24, 2.45) is 5.92 Å². The third kappa shape index (κ3) is 4.45. The van der Waals surface area contributed by atoms with Crippen LogP contribution in [-0.2, 0) is 9.53 Å². The number of ether oxygens (including phenoxy) is 1. The SMILES string of the molecule is CCCNC(CN(CC)CCC)(C(=O)OCC)C1CC1. The van der Waals surface area contributed by atoms with Gasteiger partial charge in [-0.1, -0.05) is 20.8 Å². The van der Waals surface area contributed by atoms with E-state index in [1.54, 1.807) is 0 Å². The monoisotopic (exact) mass is 284 g/mol. The summed E-state index contributed by atoms with van der Waals surface area (Å²) in [6, 6.07) is 0. The Morgan fingerprint density at radius 3 is 2.40 bits per heavy atom. The summed E-state index contributed by atoms with van der Waals surface area (Å²) >= 11 is 0. The first-order chi connectivity index (χ1) is 9.64. The van der Waals surface area contributed by atoms with Crippen LogP contribution in [0, 0.1) is 5.92 Å². The van der Waals surface area contributed by atoms with Crippen molar-refractivity contribution < 1.29 is 9.53 Å². The van der Waals surface area contributed by atoms with Crippen molar-refractivity contribution in [3.8, 4) is 0 Å². The average molecular weight is 284 g/mol. The maximum atomic E-state index is 12.6. The summed E-state index contributed by atoms with van der Waals surface area (Å²) in [4.78, 5) is 15.0. The van der Waals surface area contributed by atoms with Gasteiger partial charge in [-0.3, -0.25) is 0 Å². The lowest BCUT2D eigenvalue weighted by Gasteiger charge is -2.37. The van der Waals surface area contributed by atoms with Crippen molar-refractivity contribution in [3.05, 3.63) is 0 Å². The van der Waals surface area contributed by atoms with E-state index in [4.69, 9.17) is 4.74 Å². The van der Waals surface area contributed by atoms with Gasteiger partial charge in [0, 0.05) is 6.54 Å². The third-order valence-corrected chi connectivity index (χ3v) is 4.06. The van der Waals surface area contributed by atoms with Crippen LogP contribution in [0.1, 0.15) is 53.4 Å². The van der Waals surface area contributed by atoms with Crippen LogP contribution in [0.4, 0.5) is 0 Å². The van der Waals surface area contributed by atoms with Gasteiger partial charge in [0.1, 0.15) is 5.54 Å². The highest BCUT2D eigenvalue weighted by atomic mass is 16.5. The van der Waals surface area contributed by atoms with Crippen molar-refractivity contribution in [2.45, 2.75) is 58.9 Å². The fraction of sp³-hybridized carbons (Fsp3) is 0.938. The highest BCUT2D eigenvalue weighted by Gasteiger charge is 2.52. The van der Waals surface area contributed by atoms with E-state index in [0.29, 0.717) is 12.5 Å². The first kappa shape index (κ1) is 17.4. The van der Waals surface area contributed by atoms with Crippen molar-refractivity contribution >= 4 is 5.97 Å². The molecule has 1 saturated carbocycles. The molecule has 1 rings (SSSR count). The molecule has 1 N–H and O–H groups in total. The fourth-order valence-electron chi connectivity index (χ4n) is 2.83. The van der Waals surface area contributed by atoms with Gasteiger partial charge in [0.05, 0.1) is 6.61 Å². The molecule has 1 aliphatic carbocycles. The largest absolute Gasteiger partial charge is 0.465 e. The van der Waals surface area contributed by atoms with Crippen molar-refractivity contribution in [2.75, 3.05) is 32.8 Å². The number of nitrogens with one attached hydrogen (secondary N) is 1. The molecule has 0 heterocycles. The quantitative estimate of drug-likeness (QED) is 0.592. The Morgan fingerprint density at radius 2 is 1.95 bits per heavy atom. The Labute approximate surface area is 124 Å². The number of carbonyl (C=O) groups is 1. The van der Waals surface area contributed by atoms with Gasteiger partial charge in [-0.2, -0.15) is 0 Å². The Balaban J connectivity index is 2.86. The minimum absolute atomic E-state index is 0.0505. The molecule has 4 nitrogen and oxygen atoms in total. The molecule has 0 saturated heterocycles. The van der Waals surface area contributed by atoms with Gasteiger partial charge in [0.2, 0.25) is 0 Å².